The van der Waals surface area contributed by atoms with Crippen molar-refractivity contribution in [3.05, 3.63) is 0 Å². The molecule has 0 bridgehead atoms. The molecule has 3 heteroatoms. The number of likely N-dealkylation sites (N-methyl/N-ethyl adjacent to an activating group) is 1. The van der Waals surface area contributed by atoms with Gasteiger partial charge in [0, 0.05) is 25.6 Å². The maximum atomic E-state index is 11.7. The van der Waals surface area contributed by atoms with Gasteiger partial charge >= 0.3 is 0 Å². The average molecular weight is 226 g/mol. The van der Waals surface area contributed by atoms with Crippen molar-refractivity contribution in [1.82, 2.24) is 9.80 Å². The van der Waals surface area contributed by atoms with Gasteiger partial charge < -0.3 is 4.90 Å². The highest BCUT2D eigenvalue weighted by atomic mass is 16.1. The van der Waals surface area contributed by atoms with Crippen LogP contribution in [-0.2, 0) is 4.79 Å². The van der Waals surface area contributed by atoms with Crippen molar-refractivity contribution in [2.24, 2.45) is 0 Å². The van der Waals surface area contributed by atoms with E-state index in [1.807, 2.05) is 0 Å². The second-order valence-electron chi connectivity index (χ2n) is 4.94. The van der Waals surface area contributed by atoms with E-state index in [4.69, 9.17) is 0 Å². The Balaban J connectivity index is 2.50. The topological polar surface area (TPSA) is 23.6 Å². The lowest BCUT2D eigenvalue weighted by Gasteiger charge is -2.29. The van der Waals surface area contributed by atoms with Crippen LogP contribution in [0.2, 0.25) is 0 Å². The molecule has 0 spiro atoms. The van der Waals surface area contributed by atoms with E-state index >= 15 is 0 Å². The number of ketones is 1. The summed E-state index contributed by atoms with van der Waals surface area (Å²) >= 11 is 0. The average Bonchev–Trinajstić information content (AvgIpc) is 2.41. The Hall–Kier alpha value is -0.410. The first-order valence-corrected chi connectivity index (χ1v) is 6.61. The van der Waals surface area contributed by atoms with Gasteiger partial charge in [-0.2, -0.15) is 0 Å². The van der Waals surface area contributed by atoms with E-state index in [1.54, 1.807) is 0 Å². The number of hydrogen-bond donors (Lipinski definition) is 0. The maximum absolute atomic E-state index is 11.7. The largest absolute Gasteiger partial charge is 0.305 e. The van der Waals surface area contributed by atoms with Gasteiger partial charge in [0.1, 0.15) is 5.78 Å². The molecular formula is C13H26N2O. The Labute approximate surface area is 99.8 Å². The highest BCUT2D eigenvalue weighted by Crippen LogP contribution is 2.12. The van der Waals surface area contributed by atoms with Crippen molar-refractivity contribution in [2.75, 3.05) is 33.2 Å². The van der Waals surface area contributed by atoms with Gasteiger partial charge in [-0.05, 0) is 32.9 Å². The predicted molar refractivity (Wildman–Crippen MR) is 67.7 cm³/mol. The number of Topliss-reactive ketones (excluding diaryl/α,β-unsaturated/α-hetero) is 1. The number of rotatable bonds is 5. The summed E-state index contributed by atoms with van der Waals surface area (Å²) in [5.41, 5.74) is 0. The van der Waals surface area contributed by atoms with Crippen LogP contribution in [0.5, 0.6) is 0 Å². The summed E-state index contributed by atoms with van der Waals surface area (Å²) in [5.74, 6) is 0.408. The van der Waals surface area contributed by atoms with Gasteiger partial charge in [-0.15, -0.1) is 0 Å². The zero-order valence-corrected chi connectivity index (χ0v) is 11.0. The van der Waals surface area contributed by atoms with Crippen molar-refractivity contribution in [3.8, 4) is 0 Å². The molecule has 0 aromatic heterocycles. The highest BCUT2D eigenvalue weighted by Gasteiger charge is 2.23. The minimum atomic E-state index is 0.408. The lowest BCUT2D eigenvalue weighted by atomic mass is 10.1. The van der Waals surface area contributed by atoms with Crippen molar-refractivity contribution >= 4 is 5.78 Å². The van der Waals surface area contributed by atoms with E-state index in [1.165, 1.54) is 6.42 Å². The van der Waals surface area contributed by atoms with E-state index in [2.05, 4.69) is 30.7 Å². The van der Waals surface area contributed by atoms with Crippen LogP contribution in [0.25, 0.3) is 0 Å². The molecule has 1 rings (SSSR count). The molecular weight excluding hydrogens is 200 g/mol. The molecule has 1 aliphatic rings. The second kappa shape index (κ2) is 7.02. The molecule has 1 aliphatic heterocycles. The monoisotopic (exact) mass is 226 g/mol. The van der Waals surface area contributed by atoms with Crippen LogP contribution in [0, 0.1) is 0 Å². The molecule has 1 saturated heterocycles. The molecule has 0 amide bonds. The molecule has 3 nitrogen and oxygen atoms in total. The standard InChI is InChI=1S/C13H26N2O/c1-4-7-13(16)11-15-9-6-8-14(3)10-12(15)5-2/h12H,4-11H2,1-3H3. The summed E-state index contributed by atoms with van der Waals surface area (Å²) in [6.45, 7) is 8.32. The van der Waals surface area contributed by atoms with Gasteiger partial charge in [-0.25, -0.2) is 0 Å². The van der Waals surface area contributed by atoms with Gasteiger partial charge in [-0.3, -0.25) is 9.69 Å². The molecule has 16 heavy (non-hydrogen) atoms. The predicted octanol–water partition coefficient (Wildman–Crippen LogP) is 1.77. The van der Waals surface area contributed by atoms with E-state index in [0.717, 1.165) is 38.9 Å². The van der Waals surface area contributed by atoms with Crippen LogP contribution < -0.4 is 0 Å². The molecule has 1 heterocycles. The summed E-state index contributed by atoms with van der Waals surface area (Å²) < 4.78 is 0. The normalized spacial score (nSPS) is 24.3. The van der Waals surface area contributed by atoms with E-state index in [-0.39, 0.29) is 0 Å². The number of carbonyl (C=O) groups is 1. The Bertz CT molecular complexity index is 218. The number of carbonyl (C=O) groups excluding carboxylic acids is 1. The van der Waals surface area contributed by atoms with Gasteiger partial charge in [0.05, 0.1) is 6.54 Å². The van der Waals surface area contributed by atoms with Gasteiger partial charge in [-0.1, -0.05) is 13.8 Å². The highest BCUT2D eigenvalue weighted by molar-refractivity contribution is 5.80. The molecule has 0 aliphatic carbocycles. The first-order chi connectivity index (χ1) is 7.67. The second-order valence-corrected chi connectivity index (χ2v) is 4.94. The fraction of sp³-hybridized carbons (Fsp3) is 0.923. The summed E-state index contributed by atoms with van der Waals surface area (Å²) in [5, 5.41) is 0. The van der Waals surface area contributed by atoms with Crippen molar-refractivity contribution in [3.63, 3.8) is 0 Å². The zero-order valence-electron chi connectivity index (χ0n) is 11.0. The fourth-order valence-electron chi connectivity index (χ4n) is 2.47. The smallest absolute Gasteiger partial charge is 0.146 e. The van der Waals surface area contributed by atoms with Gasteiger partial charge in [0.25, 0.3) is 0 Å². The fourth-order valence-corrected chi connectivity index (χ4v) is 2.47. The summed E-state index contributed by atoms with van der Waals surface area (Å²) in [6, 6.07) is 0.563. The molecule has 0 saturated carbocycles. The minimum absolute atomic E-state index is 0.408. The summed E-state index contributed by atoms with van der Waals surface area (Å²) in [4.78, 5) is 16.5. The van der Waals surface area contributed by atoms with Crippen LogP contribution in [0.4, 0.5) is 0 Å². The molecule has 1 unspecified atom stereocenters. The molecule has 1 fully saturated rings. The van der Waals surface area contributed by atoms with Crippen molar-refractivity contribution in [1.29, 1.82) is 0 Å². The van der Waals surface area contributed by atoms with Crippen LogP contribution in [0.1, 0.15) is 39.5 Å². The Morgan fingerprint density at radius 3 is 2.69 bits per heavy atom. The zero-order chi connectivity index (χ0) is 12.0. The van der Waals surface area contributed by atoms with Crippen molar-refractivity contribution < 1.29 is 4.79 Å². The first-order valence-electron chi connectivity index (χ1n) is 6.61. The lowest BCUT2D eigenvalue weighted by Crippen LogP contribution is -2.42. The Kier molecular flexibility index (Phi) is 5.99. The minimum Gasteiger partial charge on any atom is -0.305 e. The summed E-state index contributed by atoms with van der Waals surface area (Å²) in [7, 11) is 2.18. The van der Waals surface area contributed by atoms with E-state index in [0.29, 0.717) is 18.4 Å². The lowest BCUT2D eigenvalue weighted by molar-refractivity contribution is -0.120. The van der Waals surface area contributed by atoms with Crippen LogP contribution in [0.3, 0.4) is 0 Å². The third kappa shape index (κ3) is 4.22. The number of hydrogen-bond acceptors (Lipinski definition) is 3. The maximum Gasteiger partial charge on any atom is 0.146 e. The molecule has 0 radical (unpaired) electrons. The number of nitrogens with zero attached hydrogens (tertiary/aromatic N) is 2. The molecule has 0 aromatic rings. The molecule has 0 N–H and O–H groups in total. The Morgan fingerprint density at radius 2 is 2.06 bits per heavy atom. The van der Waals surface area contributed by atoms with E-state index in [9.17, 15) is 4.79 Å². The summed E-state index contributed by atoms with van der Waals surface area (Å²) in [6.07, 6.45) is 4.04. The Morgan fingerprint density at radius 1 is 1.31 bits per heavy atom. The SMILES string of the molecule is CCCC(=O)CN1CCCN(C)CC1CC. The van der Waals surface area contributed by atoms with E-state index < -0.39 is 0 Å². The third-order valence-corrected chi connectivity index (χ3v) is 3.40. The van der Waals surface area contributed by atoms with Crippen LogP contribution >= 0.6 is 0 Å². The molecule has 1 atom stereocenters. The van der Waals surface area contributed by atoms with Crippen LogP contribution in [0.15, 0.2) is 0 Å². The molecule has 0 aromatic carbocycles. The first kappa shape index (κ1) is 13.7. The van der Waals surface area contributed by atoms with Crippen LogP contribution in [-0.4, -0.2) is 54.9 Å². The van der Waals surface area contributed by atoms with Gasteiger partial charge in [0.15, 0.2) is 0 Å². The third-order valence-electron chi connectivity index (χ3n) is 3.40. The quantitative estimate of drug-likeness (QED) is 0.714. The van der Waals surface area contributed by atoms with Gasteiger partial charge in [0.2, 0.25) is 0 Å². The van der Waals surface area contributed by atoms with Crippen molar-refractivity contribution in [2.45, 2.75) is 45.6 Å². The molecule has 94 valence electrons.